The molecule has 3 aromatic rings. The van der Waals surface area contributed by atoms with Gasteiger partial charge in [0.25, 0.3) is 0 Å². The van der Waals surface area contributed by atoms with Gasteiger partial charge in [0.2, 0.25) is 0 Å². The van der Waals surface area contributed by atoms with Crippen molar-refractivity contribution in [1.82, 2.24) is 9.88 Å². The van der Waals surface area contributed by atoms with Gasteiger partial charge < -0.3 is 14.6 Å². The molecule has 2 atom stereocenters. The van der Waals surface area contributed by atoms with Crippen LogP contribution in [-0.4, -0.2) is 40.3 Å². The zero-order valence-corrected chi connectivity index (χ0v) is 17.7. The molecule has 3 aliphatic heterocycles. The van der Waals surface area contributed by atoms with Crippen molar-refractivity contribution in [2.45, 2.75) is 43.9 Å². The lowest BCUT2D eigenvalue weighted by Gasteiger charge is -2.53. The van der Waals surface area contributed by atoms with E-state index in [0.29, 0.717) is 11.7 Å². The average molecular weight is 417 g/mol. The number of aromatic nitrogens is 1. The Morgan fingerprint density at radius 3 is 2.84 bits per heavy atom. The summed E-state index contributed by atoms with van der Waals surface area (Å²) in [6.07, 6.45) is 6.04. The molecule has 1 N–H and O–H groups in total. The van der Waals surface area contributed by atoms with E-state index < -0.39 is 0 Å². The molecule has 4 heterocycles. The number of benzene rings is 2. The van der Waals surface area contributed by atoms with E-state index in [2.05, 4.69) is 40.2 Å². The number of para-hydroxylation sites is 2. The van der Waals surface area contributed by atoms with Crippen molar-refractivity contribution in [2.75, 3.05) is 19.7 Å². The molecule has 6 rings (SSSR count). The van der Waals surface area contributed by atoms with Crippen molar-refractivity contribution < 1.29 is 14.6 Å². The molecule has 160 valence electrons. The van der Waals surface area contributed by atoms with E-state index in [1.165, 1.54) is 10.9 Å². The lowest BCUT2D eigenvalue weighted by Crippen LogP contribution is -2.57. The van der Waals surface area contributed by atoms with Crippen LogP contribution in [0.5, 0.6) is 11.5 Å². The highest BCUT2D eigenvalue weighted by molar-refractivity contribution is 5.81. The van der Waals surface area contributed by atoms with Crippen LogP contribution in [0.25, 0.3) is 10.9 Å². The van der Waals surface area contributed by atoms with Crippen molar-refractivity contribution in [1.29, 1.82) is 0 Å². The first-order valence-corrected chi connectivity index (χ1v) is 11.4. The molecule has 0 saturated carbocycles. The Kier molecular flexibility index (Phi) is 4.62. The normalized spacial score (nSPS) is 25.0. The summed E-state index contributed by atoms with van der Waals surface area (Å²) in [5.41, 5.74) is 3.14. The number of hydrogen-bond acceptors (Lipinski definition) is 5. The summed E-state index contributed by atoms with van der Waals surface area (Å²) in [4.78, 5) is 7.03. The SMILES string of the molecule is Oc1cccc2c1OC1(CCN(Cc3ccnc4ccccc34)CC1)[C@H]1CCCO[C@H]21. The van der Waals surface area contributed by atoms with Gasteiger partial charge in [0.1, 0.15) is 5.60 Å². The maximum atomic E-state index is 10.5. The number of nitrogens with zero attached hydrogens (tertiary/aromatic N) is 2. The average Bonchev–Trinajstić information content (AvgIpc) is 2.82. The standard InChI is InChI=1S/C26H28N2O3/c29-23-9-3-6-20-24-21(7-4-16-30-24)26(31-25(20)23)11-14-28(15-12-26)17-18-10-13-27-22-8-2-1-5-19(18)22/h1-3,5-6,8-10,13,21,24,29H,4,7,11-12,14-17H2/t21-,24+/m0/s1. The fourth-order valence-electron chi connectivity index (χ4n) is 5.88. The summed E-state index contributed by atoms with van der Waals surface area (Å²) < 4.78 is 12.9. The van der Waals surface area contributed by atoms with Crippen LogP contribution < -0.4 is 4.74 Å². The summed E-state index contributed by atoms with van der Waals surface area (Å²) in [5, 5.41) is 11.7. The molecule has 5 nitrogen and oxygen atoms in total. The second kappa shape index (κ2) is 7.50. The molecule has 1 spiro atoms. The molecule has 31 heavy (non-hydrogen) atoms. The topological polar surface area (TPSA) is 54.8 Å². The Balaban J connectivity index is 1.25. The Bertz CT molecular complexity index is 1100. The molecule has 0 bridgehead atoms. The van der Waals surface area contributed by atoms with Gasteiger partial charge in [0.15, 0.2) is 11.5 Å². The molecule has 1 aromatic heterocycles. The van der Waals surface area contributed by atoms with Gasteiger partial charge in [0.05, 0.1) is 11.6 Å². The molecule has 5 heteroatoms. The minimum Gasteiger partial charge on any atom is -0.504 e. The zero-order chi connectivity index (χ0) is 20.8. The zero-order valence-electron chi connectivity index (χ0n) is 17.7. The van der Waals surface area contributed by atoms with Gasteiger partial charge in [0, 0.05) is 62.1 Å². The molecule has 0 radical (unpaired) electrons. The quantitative estimate of drug-likeness (QED) is 0.648. The molecular formula is C26H28N2O3. The van der Waals surface area contributed by atoms with Gasteiger partial charge in [-0.05, 0) is 36.6 Å². The summed E-state index contributed by atoms with van der Waals surface area (Å²) in [7, 11) is 0. The predicted octanol–water partition coefficient (Wildman–Crippen LogP) is 4.84. The first-order valence-electron chi connectivity index (χ1n) is 11.4. The third-order valence-corrected chi connectivity index (χ3v) is 7.47. The number of piperidine rings is 1. The number of pyridine rings is 1. The fourth-order valence-corrected chi connectivity index (χ4v) is 5.88. The monoisotopic (exact) mass is 416 g/mol. The van der Waals surface area contributed by atoms with Crippen LogP contribution in [0.2, 0.25) is 0 Å². The summed E-state index contributed by atoms with van der Waals surface area (Å²) >= 11 is 0. The Hall–Kier alpha value is -2.63. The van der Waals surface area contributed by atoms with Crippen molar-refractivity contribution in [3.63, 3.8) is 0 Å². The molecule has 0 amide bonds. The predicted molar refractivity (Wildman–Crippen MR) is 119 cm³/mol. The summed E-state index contributed by atoms with van der Waals surface area (Å²) in [6, 6.07) is 16.2. The Morgan fingerprint density at radius 1 is 1.06 bits per heavy atom. The lowest BCUT2D eigenvalue weighted by molar-refractivity contribution is -0.150. The number of phenols is 1. The largest absolute Gasteiger partial charge is 0.504 e. The lowest BCUT2D eigenvalue weighted by atomic mass is 9.70. The molecule has 2 saturated heterocycles. The minimum absolute atomic E-state index is 0.0280. The fraction of sp³-hybridized carbons (Fsp3) is 0.423. The van der Waals surface area contributed by atoms with Crippen LogP contribution in [0.4, 0.5) is 0 Å². The molecular weight excluding hydrogens is 388 g/mol. The van der Waals surface area contributed by atoms with Crippen LogP contribution in [0, 0.1) is 5.92 Å². The highest BCUT2D eigenvalue weighted by Gasteiger charge is 2.52. The maximum Gasteiger partial charge on any atom is 0.167 e. The van der Waals surface area contributed by atoms with Crippen LogP contribution in [0.1, 0.15) is 42.9 Å². The van der Waals surface area contributed by atoms with Gasteiger partial charge >= 0.3 is 0 Å². The van der Waals surface area contributed by atoms with E-state index in [4.69, 9.17) is 9.47 Å². The van der Waals surface area contributed by atoms with Crippen LogP contribution >= 0.6 is 0 Å². The van der Waals surface area contributed by atoms with Gasteiger partial charge in [-0.1, -0.05) is 30.3 Å². The molecule has 2 fully saturated rings. The van der Waals surface area contributed by atoms with E-state index in [1.54, 1.807) is 6.07 Å². The minimum atomic E-state index is -0.256. The summed E-state index contributed by atoms with van der Waals surface area (Å²) in [5.74, 6) is 1.22. The number of likely N-dealkylation sites (tertiary alicyclic amines) is 1. The van der Waals surface area contributed by atoms with Crippen LogP contribution in [0.3, 0.4) is 0 Å². The van der Waals surface area contributed by atoms with E-state index in [-0.39, 0.29) is 17.5 Å². The summed E-state index contributed by atoms with van der Waals surface area (Å²) in [6.45, 7) is 3.66. The number of fused-ring (bicyclic) bond motifs is 5. The second-order valence-electron chi connectivity index (χ2n) is 9.17. The van der Waals surface area contributed by atoms with Gasteiger partial charge in [-0.25, -0.2) is 0 Å². The Morgan fingerprint density at radius 2 is 1.94 bits per heavy atom. The van der Waals surface area contributed by atoms with Crippen molar-refractivity contribution in [3.8, 4) is 11.5 Å². The van der Waals surface area contributed by atoms with E-state index >= 15 is 0 Å². The number of hydrogen-bond donors (Lipinski definition) is 1. The van der Waals surface area contributed by atoms with E-state index in [1.807, 2.05) is 18.3 Å². The molecule has 0 unspecified atom stereocenters. The van der Waals surface area contributed by atoms with Gasteiger partial charge in [-0.3, -0.25) is 9.88 Å². The van der Waals surface area contributed by atoms with Crippen molar-refractivity contribution in [2.24, 2.45) is 5.92 Å². The number of rotatable bonds is 2. The first-order chi connectivity index (χ1) is 15.2. The van der Waals surface area contributed by atoms with Gasteiger partial charge in [-0.15, -0.1) is 0 Å². The van der Waals surface area contributed by atoms with Crippen LogP contribution in [0.15, 0.2) is 54.7 Å². The molecule has 2 aromatic carbocycles. The first kappa shape index (κ1) is 19.1. The van der Waals surface area contributed by atoms with Crippen molar-refractivity contribution in [3.05, 3.63) is 65.9 Å². The second-order valence-corrected chi connectivity index (χ2v) is 9.17. The molecule has 0 aliphatic carbocycles. The smallest absolute Gasteiger partial charge is 0.167 e. The number of aromatic hydroxyl groups is 1. The number of phenolic OH excluding ortho intramolecular Hbond substituents is 1. The highest BCUT2D eigenvalue weighted by Crippen LogP contribution is 2.55. The molecule has 3 aliphatic rings. The van der Waals surface area contributed by atoms with Gasteiger partial charge in [-0.2, -0.15) is 0 Å². The van der Waals surface area contributed by atoms with Crippen LogP contribution in [-0.2, 0) is 11.3 Å². The third kappa shape index (κ3) is 3.19. The third-order valence-electron chi connectivity index (χ3n) is 7.47. The number of ether oxygens (including phenoxy) is 2. The van der Waals surface area contributed by atoms with E-state index in [0.717, 1.165) is 63.0 Å². The Labute approximate surface area is 182 Å². The van der Waals surface area contributed by atoms with E-state index in [9.17, 15) is 5.11 Å². The maximum absolute atomic E-state index is 10.5. The highest BCUT2D eigenvalue weighted by atomic mass is 16.5. The van der Waals surface area contributed by atoms with Crippen molar-refractivity contribution >= 4 is 10.9 Å².